The van der Waals surface area contributed by atoms with Gasteiger partial charge in [-0.15, -0.1) is 0 Å². The number of imidazole rings is 1. The number of rotatable bonds is 5. The lowest BCUT2D eigenvalue weighted by Gasteiger charge is -2.19. The highest BCUT2D eigenvalue weighted by Crippen LogP contribution is 2.28. The van der Waals surface area contributed by atoms with Crippen LogP contribution in [0.3, 0.4) is 0 Å². The molecule has 0 atom stereocenters. The molecule has 1 aliphatic rings. The molecule has 5 nitrogen and oxygen atoms in total. The lowest BCUT2D eigenvalue weighted by molar-refractivity contribution is -0.116. The Balaban J connectivity index is 1.71. The minimum absolute atomic E-state index is 0.0858. The molecule has 0 unspecified atom stereocenters. The van der Waals surface area contributed by atoms with E-state index in [-0.39, 0.29) is 5.91 Å². The predicted molar refractivity (Wildman–Crippen MR) is 106 cm³/mol. The number of hydrogen-bond donors (Lipinski definition) is 1. The molecule has 2 heterocycles. The summed E-state index contributed by atoms with van der Waals surface area (Å²) in [7, 11) is 1.67. The van der Waals surface area contributed by atoms with Gasteiger partial charge in [0.05, 0.1) is 13.4 Å². The number of benzene rings is 2. The Morgan fingerprint density at radius 3 is 2.81 bits per heavy atom. The first-order valence-corrected chi connectivity index (χ1v) is 8.95. The Morgan fingerprint density at radius 1 is 1.22 bits per heavy atom. The molecular weight excluding hydrogens is 338 g/mol. The number of carbonyl (C=O) groups is 1. The number of carbonyl (C=O) groups excluding carboxylic acids is 1. The molecule has 1 aliphatic heterocycles. The second-order valence-corrected chi connectivity index (χ2v) is 6.60. The van der Waals surface area contributed by atoms with Gasteiger partial charge in [0.2, 0.25) is 5.91 Å². The third kappa shape index (κ3) is 3.92. The first kappa shape index (κ1) is 17.1. The normalized spacial score (nSPS) is 13.8. The van der Waals surface area contributed by atoms with E-state index in [1.807, 2.05) is 42.9 Å². The summed E-state index contributed by atoms with van der Waals surface area (Å²) >= 11 is 0. The quantitative estimate of drug-likeness (QED) is 0.700. The van der Waals surface area contributed by atoms with Gasteiger partial charge in [-0.1, -0.05) is 18.2 Å². The number of fused-ring (bicyclic) bond motifs is 1. The van der Waals surface area contributed by atoms with Gasteiger partial charge in [0.25, 0.3) is 0 Å². The van der Waals surface area contributed by atoms with Crippen LogP contribution in [0.2, 0.25) is 0 Å². The monoisotopic (exact) mass is 359 g/mol. The zero-order valence-corrected chi connectivity index (χ0v) is 15.2. The number of hydrogen-bond acceptors (Lipinski definition) is 3. The van der Waals surface area contributed by atoms with Crippen LogP contribution < -0.4 is 10.1 Å². The predicted octanol–water partition coefficient (Wildman–Crippen LogP) is 4.02. The summed E-state index contributed by atoms with van der Waals surface area (Å²) in [5, 5.41) is 2.95. The number of nitrogens with zero attached hydrogens (tertiary/aromatic N) is 2. The summed E-state index contributed by atoms with van der Waals surface area (Å²) in [4.78, 5) is 15.8. The number of amides is 1. The average Bonchev–Trinajstić information content (AvgIpc) is 3.21. The van der Waals surface area contributed by atoms with Gasteiger partial charge >= 0.3 is 0 Å². The summed E-state index contributed by atoms with van der Waals surface area (Å²) in [6, 6.07) is 14.3. The van der Waals surface area contributed by atoms with Gasteiger partial charge in [0, 0.05) is 31.0 Å². The van der Waals surface area contributed by atoms with Crippen LogP contribution in [-0.4, -0.2) is 22.6 Å². The van der Waals surface area contributed by atoms with E-state index in [9.17, 15) is 4.79 Å². The maximum absolute atomic E-state index is 11.6. The zero-order chi connectivity index (χ0) is 18.6. The standard InChI is InChI=1S/C22H21N3O2/c1-27-20-6-2-16(3-7-20)12-19(14-25-11-10-23-15-25)17-4-8-21-18(13-17)5-9-22(26)24-21/h2-4,6-8,10-13,15H,5,9,14H2,1H3,(H,24,26). The number of ether oxygens (including phenoxy) is 1. The summed E-state index contributed by atoms with van der Waals surface area (Å²) in [6.07, 6.45) is 9.06. The van der Waals surface area contributed by atoms with Crippen LogP contribution >= 0.6 is 0 Å². The van der Waals surface area contributed by atoms with E-state index < -0.39 is 0 Å². The molecule has 4 rings (SSSR count). The van der Waals surface area contributed by atoms with Crippen LogP contribution in [0.5, 0.6) is 5.75 Å². The van der Waals surface area contributed by atoms with Crippen LogP contribution in [-0.2, 0) is 17.8 Å². The molecule has 1 N–H and O–H groups in total. The number of aromatic nitrogens is 2. The topological polar surface area (TPSA) is 56.2 Å². The third-order valence-electron chi connectivity index (χ3n) is 4.74. The van der Waals surface area contributed by atoms with Crippen molar-refractivity contribution in [1.82, 2.24) is 9.55 Å². The summed E-state index contributed by atoms with van der Waals surface area (Å²) in [5.41, 5.74) is 5.53. The van der Waals surface area contributed by atoms with Gasteiger partial charge in [-0.2, -0.15) is 0 Å². The van der Waals surface area contributed by atoms with Crippen molar-refractivity contribution in [3.8, 4) is 5.75 Å². The molecule has 5 heteroatoms. The number of nitrogens with one attached hydrogen (secondary N) is 1. The van der Waals surface area contributed by atoms with Crippen molar-refractivity contribution in [2.75, 3.05) is 12.4 Å². The fraction of sp³-hybridized carbons (Fsp3) is 0.182. The number of aryl methyl sites for hydroxylation is 1. The molecular formula is C22H21N3O2. The highest BCUT2D eigenvalue weighted by Gasteiger charge is 2.16. The van der Waals surface area contributed by atoms with Gasteiger partial charge in [-0.05, 0) is 59.0 Å². The number of allylic oxidation sites excluding steroid dienone is 1. The molecule has 0 bridgehead atoms. The van der Waals surface area contributed by atoms with E-state index in [4.69, 9.17) is 4.74 Å². The third-order valence-corrected chi connectivity index (χ3v) is 4.74. The van der Waals surface area contributed by atoms with Gasteiger partial charge in [-0.25, -0.2) is 4.98 Å². The van der Waals surface area contributed by atoms with Crippen LogP contribution in [0.1, 0.15) is 23.1 Å². The SMILES string of the molecule is COc1ccc(C=C(Cn2ccnc2)c2ccc3c(c2)CCC(=O)N3)cc1. The Morgan fingerprint density at radius 2 is 2.07 bits per heavy atom. The number of anilines is 1. The minimum Gasteiger partial charge on any atom is -0.497 e. The van der Waals surface area contributed by atoms with Crippen LogP contribution in [0.25, 0.3) is 11.6 Å². The van der Waals surface area contributed by atoms with E-state index in [1.54, 1.807) is 13.3 Å². The molecule has 27 heavy (non-hydrogen) atoms. The minimum atomic E-state index is 0.0858. The van der Waals surface area contributed by atoms with Gasteiger partial charge in [0.1, 0.15) is 5.75 Å². The van der Waals surface area contributed by atoms with E-state index in [0.29, 0.717) is 6.42 Å². The Hall–Kier alpha value is -3.34. The zero-order valence-electron chi connectivity index (χ0n) is 15.2. The molecule has 1 aromatic heterocycles. The smallest absolute Gasteiger partial charge is 0.224 e. The van der Waals surface area contributed by atoms with Crippen LogP contribution in [0, 0.1) is 0 Å². The van der Waals surface area contributed by atoms with Crippen molar-refractivity contribution in [2.24, 2.45) is 0 Å². The van der Waals surface area contributed by atoms with E-state index in [2.05, 4.69) is 33.1 Å². The molecule has 0 saturated heterocycles. The Bertz CT molecular complexity index is 973. The van der Waals surface area contributed by atoms with Crippen molar-refractivity contribution in [3.63, 3.8) is 0 Å². The van der Waals surface area contributed by atoms with Crippen molar-refractivity contribution < 1.29 is 9.53 Å². The van der Waals surface area contributed by atoms with Crippen molar-refractivity contribution >= 4 is 23.2 Å². The fourth-order valence-electron chi connectivity index (χ4n) is 3.28. The molecule has 136 valence electrons. The number of methoxy groups -OCH3 is 1. The van der Waals surface area contributed by atoms with Gasteiger partial charge in [-0.3, -0.25) is 4.79 Å². The van der Waals surface area contributed by atoms with E-state index in [0.717, 1.165) is 35.5 Å². The fourth-order valence-corrected chi connectivity index (χ4v) is 3.28. The molecule has 0 fully saturated rings. The second-order valence-electron chi connectivity index (χ2n) is 6.60. The van der Waals surface area contributed by atoms with E-state index >= 15 is 0 Å². The Labute approximate surface area is 158 Å². The highest BCUT2D eigenvalue weighted by atomic mass is 16.5. The first-order chi connectivity index (χ1) is 13.2. The second kappa shape index (κ2) is 7.50. The summed E-state index contributed by atoms with van der Waals surface area (Å²) < 4.78 is 7.30. The summed E-state index contributed by atoms with van der Waals surface area (Å²) in [5.74, 6) is 0.926. The van der Waals surface area contributed by atoms with Crippen LogP contribution in [0.4, 0.5) is 5.69 Å². The van der Waals surface area contributed by atoms with Gasteiger partial charge < -0.3 is 14.6 Å². The Kier molecular flexibility index (Phi) is 4.75. The lowest BCUT2D eigenvalue weighted by Crippen LogP contribution is -2.19. The maximum atomic E-state index is 11.6. The molecule has 0 spiro atoms. The summed E-state index contributed by atoms with van der Waals surface area (Å²) in [6.45, 7) is 0.719. The van der Waals surface area contributed by atoms with Gasteiger partial charge in [0.15, 0.2) is 0 Å². The van der Waals surface area contributed by atoms with Crippen molar-refractivity contribution in [2.45, 2.75) is 19.4 Å². The lowest BCUT2D eigenvalue weighted by atomic mass is 9.95. The van der Waals surface area contributed by atoms with E-state index in [1.165, 1.54) is 11.1 Å². The first-order valence-electron chi connectivity index (χ1n) is 8.95. The molecule has 1 amide bonds. The maximum Gasteiger partial charge on any atom is 0.224 e. The highest BCUT2D eigenvalue weighted by molar-refractivity contribution is 5.94. The molecule has 0 radical (unpaired) electrons. The van der Waals surface area contributed by atoms with Crippen LogP contribution in [0.15, 0.2) is 61.2 Å². The molecule has 0 aliphatic carbocycles. The van der Waals surface area contributed by atoms with Crippen molar-refractivity contribution in [1.29, 1.82) is 0 Å². The largest absolute Gasteiger partial charge is 0.497 e. The molecule has 2 aromatic carbocycles. The molecule has 0 saturated carbocycles. The average molecular weight is 359 g/mol. The molecule has 3 aromatic rings. The van der Waals surface area contributed by atoms with Crippen molar-refractivity contribution in [3.05, 3.63) is 77.9 Å².